The Balaban J connectivity index is 2.18. The zero-order valence-corrected chi connectivity index (χ0v) is 9.29. The van der Waals surface area contributed by atoms with Crippen molar-refractivity contribution in [3.63, 3.8) is 0 Å². The summed E-state index contributed by atoms with van der Waals surface area (Å²) in [4.78, 5) is 0. The van der Waals surface area contributed by atoms with Crippen LogP contribution in [0.15, 0.2) is 12.1 Å². The fourth-order valence-corrected chi connectivity index (χ4v) is 1.75. The quantitative estimate of drug-likeness (QED) is 0.736. The third-order valence-corrected chi connectivity index (χ3v) is 2.48. The number of hydrogen-bond acceptors (Lipinski definition) is 3. The van der Waals surface area contributed by atoms with Crippen molar-refractivity contribution in [2.45, 2.75) is 12.8 Å². The van der Waals surface area contributed by atoms with Crippen molar-refractivity contribution < 1.29 is 18.6 Å². The summed E-state index contributed by atoms with van der Waals surface area (Å²) in [6, 6.07) is 2.87. The van der Waals surface area contributed by atoms with Gasteiger partial charge in [-0.25, -0.2) is 4.39 Å². The molecule has 1 aromatic rings. The topological polar surface area (TPSA) is 27.7 Å². The van der Waals surface area contributed by atoms with E-state index >= 15 is 0 Å². The van der Waals surface area contributed by atoms with Crippen molar-refractivity contribution in [1.29, 1.82) is 0 Å². The molecule has 0 saturated carbocycles. The Kier molecular flexibility index (Phi) is 3.62. The molecule has 1 aromatic carbocycles. The molecule has 1 aliphatic rings. The van der Waals surface area contributed by atoms with Crippen molar-refractivity contribution >= 4 is 0 Å². The number of rotatable bonds is 4. The highest BCUT2D eigenvalue weighted by Crippen LogP contribution is 2.35. The first kappa shape index (κ1) is 11.2. The van der Waals surface area contributed by atoms with Crippen LogP contribution in [0.5, 0.6) is 11.5 Å². The Morgan fingerprint density at radius 2 is 2.25 bits per heavy atom. The molecule has 0 aliphatic carbocycles. The lowest BCUT2D eigenvalue weighted by atomic mass is 10.1. The second kappa shape index (κ2) is 5.16. The van der Waals surface area contributed by atoms with Crippen LogP contribution in [-0.4, -0.2) is 26.9 Å². The van der Waals surface area contributed by atoms with Gasteiger partial charge in [0.2, 0.25) is 0 Å². The smallest absolute Gasteiger partial charge is 0.164 e. The highest BCUT2D eigenvalue weighted by molar-refractivity contribution is 5.48. The molecule has 2 rings (SSSR count). The molecule has 0 N–H and O–H groups in total. The standard InChI is InChI=1S/C12H15FO3/c1-14-5-6-15-11-8-10(13)7-9-3-2-4-16-12(9)11/h7-8H,2-6H2,1H3. The van der Waals surface area contributed by atoms with Gasteiger partial charge < -0.3 is 14.2 Å². The van der Waals surface area contributed by atoms with Gasteiger partial charge in [-0.2, -0.15) is 0 Å². The van der Waals surface area contributed by atoms with Crippen molar-refractivity contribution in [2.24, 2.45) is 0 Å². The second-order valence-corrected chi connectivity index (χ2v) is 3.69. The summed E-state index contributed by atoms with van der Waals surface area (Å²) in [6.07, 6.45) is 1.77. The van der Waals surface area contributed by atoms with Crippen molar-refractivity contribution in [1.82, 2.24) is 0 Å². The Labute approximate surface area is 94.1 Å². The molecule has 0 bridgehead atoms. The van der Waals surface area contributed by atoms with Crippen LogP contribution in [0, 0.1) is 5.82 Å². The molecule has 0 amide bonds. The largest absolute Gasteiger partial charge is 0.489 e. The molecule has 3 nitrogen and oxygen atoms in total. The molecule has 1 aliphatic heterocycles. The summed E-state index contributed by atoms with van der Waals surface area (Å²) >= 11 is 0. The predicted molar refractivity (Wildman–Crippen MR) is 57.6 cm³/mol. The number of ether oxygens (including phenoxy) is 3. The van der Waals surface area contributed by atoms with Crippen LogP contribution in [0.3, 0.4) is 0 Å². The van der Waals surface area contributed by atoms with Crippen LogP contribution in [0.1, 0.15) is 12.0 Å². The van der Waals surface area contributed by atoms with Gasteiger partial charge in [0.15, 0.2) is 11.5 Å². The van der Waals surface area contributed by atoms with E-state index in [-0.39, 0.29) is 5.82 Å². The second-order valence-electron chi connectivity index (χ2n) is 3.69. The van der Waals surface area contributed by atoms with Crippen LogP contribution in [-0.2, 0) is 11.2 Å². The average Bonchev–Trinajstić information content (AvgIpc) is 2.29. The molecule has 88 valence electrons. The van der Waals surface area contributed by atoms with E-state index in [2.05, 4.69) is 0 Å². The highest BCUT2D eigenvalue weighted by Gasteiger charge is 2.17. The van der Waals surface area contributed by atoms with E-state index in [0.717, 1.165) is 18.4 Å². The summed E-state index contributed by atoms with van der Waals surface area (Å²) in [5.41, 5.74) is 0.888. The number of halogens is 1. The fraction of sp³-hybridized carbons (Fsp3) is 0.500. The third-order valence-electron chi connectivity index (χ3n) is 2.48. The number of fused-ring (bicyclic) bond motifs is 1. The van der Waals surface area contributed by atoms with E-state index < -0.39 is 0 Å². The maximum Gasteiger partial charge on any atom is 0.164 e. The lowest BCUT2D eigenvalue weighted by Crippen LogP contribution is -2.12. The van der Waals surface area contributed by atoms with Crippen LogP contribution >= 0.6 is 0 Å². The van der Waals surface area contributed by atoms with Crippen molar-refractivity contribution in [3.8, 4) is 11.5 Å². The SMILES string of the molecule is COCCOc1cc(F)cc2c1OCCC2. The number of aryl methyl sites for hydroxylation is 1. The Bertz CT molecular complexity index is 366. The van der Waals surface area contributed by atoms with E-state index in [1.54, 1.807) is 7.11 Å². The zero-order valence-electron chi connectivity index (χ0n) is 9.29. The molecule has 1 heterocycles. The molecule has 16 heavy (non-hydrogen) atoms. The Morgan fingerprint density at radius 1 is 1.38 bits per heavy atom. The predicted octanol–water partition coefficient (Wildman–Crippen LogP) is 2.18. The van der Waals surface area contributed by atoms with Crippen molar-refractivity contribution in [2.75, 3.05) is 26.9 Å². The first-order valence-corrected chi connectivity index (χ1v) is 5.38. The Morgan fingerprint density at radius 3 is 3.06 bits per heavy atom. The van der Waals surface area contributed by atoms with Gasteiger partial charge >= 0.3 is 0 Å². The van der Waals surface area contributed by atoms with Gasteiger partial charge in [0.05, 0.1) is 13.2 Å². The first-order chi connectivity index (χ1) is 7.81. The van der Waals surface area contributed by atoms with Gasteiger partial charge in [0.1, 0.15) is 12.4 Å². The molecule has 4 heteroatoms. The van der Waals surface area contributed by atoms with Gasteiger partial charge in [-0.1, -0.05) is 0 Å². The van der Waals surface area contributed by atoms with Crippen LogP contribution in [0.25, 0.3) is 0 Å². The summed E-state index contributed by atoms with van der Waals surface area (Å²) in [7, 11) is 1.60. The summed E-state index contributed by atoms with van der Waals surface area (Å²) in [6.45, 7) is 1.54. The van der Waals surface area contributed by atoms with Gasteiger partial charge in [-0.15, -0.1) is 0 Å². The molecule has 0 unspecified atom stereocenters. The maximum atomic E-state index is 13.3. The van der Waals surface area contributed by atoms with E-state index in [9.17, 15) is 4.39 Å². The van der Waals surface area contributed by atoms with Gasteiger partial charge in [-0.3, -0.25) is 0 Å². The van der Waals surface area contributed by atoms with Gasteiger partial charge in [0.25, 0.3) is 0 Å². The van der Waals surface area contributed by atoms with Crippen LogP contribution in [0.4, 0.5) is 4.39 Å². The monoisotopic (exact) mass is 226 g/mol. The lowest BCUT2D eigenvalue weighted by Gasteiger charge is -2.20. The molecular formula is C12H15FO3. The third kappa shape index (κ3) is 2.44. The maximum absolute atomic E-state index is 13.3. The number of hydrogen-bond donors (Lipinski definition) is 0. The first-order valence-electron chi connectivity index (χ1n) is 5.38. The Hall–Kier alpha value is -1.29. The van der Waals surface area contributed by atoms with Crippen LogP contribution < -0.4 is 9.47 Å². The van der Waals surface area contributed by atoms with E-state index in [1.807, 2.05) is 0 Å². The lowest BCUT2D eigenvalue weighted by molar-refractivity contribution is 0.142. The normalized spacial score (nSPS) is 14.1. The van der Waals surface area contributed by atoms with Gasteiger partial charge in [-0.05, 0) is 18.9 Å². The van der Waals surface area contributed by atoms with E-state index in [0.29, 0.717) is 31.3 Å². The molecule has 0 aromatic heterocycles. The molecule has 0 fully saturated rings. The minimum Gasteiger partial charge on any atom is -0.489 e. The molecule has 0 atom stereocenters. The van der Waals surface area contributed by atoms with E-state index in [1.165, 1.54) is 12.1 Å². The zero-order chi connectivity index (χ0) is 11.4. The highest BCUT2D eigenvalue weighted by atomic mass is 19.1. The van der Waals surface area contributed by atoms with Crippen molar-refractivity contribution in [3.05, 3.63) is 23.5 Å². The number of benzene rings is 1. The fourth-order valence-electron chi connectivity index (χ4n) is 1.75. The molecule has 0 radical (unpaired) electrons. The van der Waals surface area contributed by atoms with Crippen LogP contribution in [0.2, 0.25) is 0 Å². The minimum atomic E-state index is -0.281. The minimum absolute atomic E-state index is 0.281. The van der Waals surface area contributed by atoms with E-state index in [4.69, 9.17) is 14.2 Å². The molecule has 0 saturated heterocycles. The van der Waals surface area contributed by atoms with Gasteiger partial charge in [0, 0.05) is 18.7 Å². The number of methoxy groups -OCH3 is 1. The summed E-state index contributed by atoms with van der Waals surface area (Å²) in [5, 5.41) is 0. The average molecular weight is 226 g/mol. The summed E-state index contributed by atoms with van der Waals surface area (Å²) < 4.78 is 29.1. The molecular weight excluding hydrogens is 211 g/mol. The molecule has 0 spiro atoms. The summed E-state index contributed by atoms with van der Waals surface area (Å²) in [5.74, 6) is 0.882.